The van der Waals surface area contributed by atoms with Crippen molar-refractivity contribution in [2.45, 2.75) is 71.8 Å². The Morgan fingerprint density at radius 3 is 2.12 bits per heavy atom. The molecule has 0 radical (unpaired) electrons. The molecule has 4 unspecified atom stereocenters. The van der Waals surface area contributed by atoms with Gasteiger partial charge in [0, 0.05) is 23.8 Å². The van der Waals surface area contributed by atoms with Gasteiger partial charge >= 0.3 is 0 Å². The van der Waals surface area contributed by atoms with Crippen molar-refractivity contribution in [2.24, 2.45) is 0 Å². The molecule has 1 fully saturated rings. The van der Waals surface area contributed by atoms with E-state index in [9.17, 15) is 9.59 Å². The number of amides is 2. The number of rotatable bonds is 4. The first-order valence-corrected chi connectivity index (χ1v) is 8.89. The van der Waals surface area contributed by atoms with Crippen LogP contribution in [-0.4, -0.2) is 42.0 Å². The molecule has 0 bridgehead atoms. The standard InChI is InChI=1S/C19H30N4O2/c1-10(2)20-18(24)16-17(22-14(6)13(5)21-16)19(25)23-15-9-11(3)7-8-12(15)4/h7-10,13-14,16-17,21-22H,1-6H3,(H,20,24)(H,23,25). The van der Waals surface area contributed by atoms with Gasteiger partial charge in [-0.1, -0.05) is 12.1 Å². The number of hydrogen-bond donors (Lipinski definition) is 4. The quantitative estimate of drug-likeness (QED) is 0.665. The number of hydrogen-bond acceptors (Lipinski definition) is 4. The summed E-state index contributed by atoms with van der Waals surface area (Å²) >= 11 is 0. The fraction of sp³-hybridized carbons (Fsp3) is 0.579. The third-order valence-corrected chi connectivity index (χ3v) is 4.62. The maximum Gasteiger partial charge on any atom is 0.243 e. The van der Waals surface area contributed by atoms with E-state index in [4.69, 9.17) is 0 Å². The lowest BCUT2D eigenvalue weighted by Gasteiger charge is -2.39. The van der Waals surface area contributed by atoms with Gasteiger partial charge in [0.2, 0.25) is 11.8 Å². The fourth-order valence-corrected chi connectivity index (χ4v) is 2.96. The Bertz CT molecular complexity index is 644. The summed E-state index contributed by atoms with van der Waals surface area (Å²) in [4.78, 5) is 25.4. The topological polar surface area (TPSA) is 82.3 Å². The van der Waals surface area contributed by atoms with Crippen molar-refractivity contribution in [1.82, 2.24) is 16.0 Å². The first-order chi connectivity index (χ1) is 11.7. The van der Waals surface area contributed by atoms with Crippen molar-refractivity contribution >= 4 is 17.5 Å². The second kappa shape index (κ2) is 7.97. The van der Waals surface area contributed by atoms with Crippen LogP contribution in [0, 0.1) is 13.8 Å². The summed E-state index contributed by atoms with van der Waals surface area (Å²) in [5.74, 6) is -0.369. The number of benzene rings is 1. The Morgan fingerprint density at radius 2 is 1.56 bits per heavy atom. The number of piperazine rings is 1. The van der Waals surface area contributed by atoms with Crippen LogP contribution in [0.1, 0.15) is 38.8 Å². The number of carbonyl (C=O) groups excluding carboxylic acids is 2. The van der Waals surface area contributed by atoms with Crippen LogP contribution in [0.4, 0.5) is 5.69 Å². The van der Waals surface area contributed by atoms with Gasteiger partial charge in [-0.15, -0.1) is 0 Å². The third-order valence-electron chi connectivity index (χ3n) is 4.62. The summed E-state index contributed by atoms with van der Waals surface area (Å²) in [5.41, 5.74) is 2.85. The minimum absolute atomic E-state index is 0.0201. The van der Waals surface area contributed by atoms with Gasteiger partial charge in [-0.2, -0.15) is 0 Å². The Morgan fingerprint density at radius 1 is 1.00 bits per heavy atom. The zero-order chi connectivity index (χ0) is 18.7. The number of nitrogens with one attached hydrogen (secondary N) is 4. The SMILES string of the molecule is Cc1ccc(C)c(NC(=O)C2NC(C)C(C)NC2C(=O)NC(C)C)c1. The number of aryl methyl sites for hydroxylation is 2. The molecular weight excluding hydrogens is 316 g/mol. The van der Waals surface area contributed by atoms with Gasteiger partial charge in [0.05, 0.1) is 0 Å². The van der Waals surface area contributed by atoms with E-state index in [0.717, 1.165) is 16.8 Å². The van der Waals surface area contributed by atoms with Crippen LogP contribution in [0.3, 0.4) is 0 Å². The maximum atomic E-state index is 12.9. The van der Waals surface area contributed by atoms with Gasteiger partial charge in [0.25, 0.3) is 0 Å². The summed E-state index contributed by atoms with van der Waals surface area (Å²) in [6.07, 6.45) is 0. The minimum atomic E-state index is -0.634. The van der Waals surface area contributed by atoms with E-state index in [-0.39, 0.29) is 29.9 Å². The normalized spacial score (nSPS) is 26.4. The average molecular weight is 346 g/mol. The Balaban J connectivity index is 2.20. The highest BCUT2D eigenvalue weighted by Gasteiger charge is 2.40. The predicted octanol–water partition coefficient (Wildman–Crippen LogP) is 1.47. The lowest BCUT2D eigenvalue weighted by atomic mass is 9.96. The lowest BCUT2D eigenvalue weighted by molar-refractivity contribution is -0.130. The monoisotopic (exact) mass is 346 g/mol. The summed E-state index contributed by atoms with van der Waals surface area (Å²) in [7, 11) is 0. The van der Waals surface area contributed by atoms with Crippen molar-refractivity contribution < 1.29 is 9.59 Å². The molecule has 0 aliphatic carbocycles. The first kappa shape index (κ1) is 19.4. The lowest BCUT2D eigenvalue weighted by Crippen LogP contribution is -2.71. The van der Waals surface area contributed by atoms with Crippen LogP contribution >= 0.6 is 0 Å². The second-order valence-electron chi connectivity index (χ2n) is 7.34. The van der Waals surface area contributed by atoms with Gasteiger partial charge in [-0.25, -0.2) is 0 Å². The van der Waals surface area contributed by atoms with Crippen molar-refractivity contribution in [3.8, 4) is 0 Å². The smallest absolute Gasteiger partial charge is 0.243 e. The molecule has 0 saturated carbocycles. The highest BCUT2D eigenvalue weighted by molar-refractivity contribution is 6.00. The van der Waals surface area contributed by atoms with E-state index in [1.165, 1.54) is 0 Å². The van der Waals surface area contributed by atoms with Crippen molar-refractivity contribution in [1.29, 1.82) is 0 Å². The van der Waals surface area contributed by atoms with E-state index in [1.807, 2.05) is 59.7 Å². The summed E-state index contributed by atoms with van der Waals surface area (Å²) in [6, 6.07) is 4.87. The molecular formula is C19H30N4O2. The second-order valence-corrected chi connectivity index (χ2v) is 7.34. The Labute approximate surface area is 150 Å². The molecule has 2 rings (SSSR count). The summed E-state index contributed by atoms with van der Waals surface area (Å²) in [5, 5.41) is 12.4. The molecule has 1 aromatic carbocycles. The van der Waals surface area contributed by atoms with Gasteiger partial charge < -0.3 is 21.3 Å². The molecule has 1 heterocycles. The van der Waals surface area contributed by atoms with Crippen LogP contribution < -0.4 is 21.3 Å². The van der Waals surface area contributed by atoms with Crippen LogP contribution in [-0.2, 0) is 9.59 Å². The first-order valence-electron chi connectivity index (χ1n) is 8.89. The molecule has 4 atom stereocenters. The van der Waals surface area contributed by atoms with E-state index >= 15 is 0 Å². The highest BCUT2D eigenvalue weighted by Crippen LogP contribution is 2.18. The molecule has 2 amide bonds. The van der Waals surface area contributed by atoms with Gasteiger partial charge in [-0.3, -0.25) is 9.59 Å². The molecule has 1 aliphatic heterocycles. The van der Waals surface area contributed by atoms with Crippen LogP contribution in [0.15, 0.2) is 18.2 Å². The van der Waals surface area contributed by atoms with Crippen molar-refractivity contribution in [2.75, 3.05) is 5.32 Å². The molecule has 0 aromatic heterocycles. The molecule has 4 N–H and O–H groups in total. The molecule has 25 heavy (non-hydrogen) atoms. The largest absolute Gasteiger partial charge is 0.353 e. The van der Waals surface area contributed by atoms with E-state index in [2.05, 4.69) is 21.3 Å². The highest BCUT2D eigenvalue weighted by atomic mass is 16.2. The predicted molar refractivity (Wildman–Crippen MR) is 101 cm³/mol. The van der Waals surface area contributed by atoms with Crippen LogP contribution in [0.25, 0.3) is 0 Å². The van der Waals surface area contributed by atoms with Crippen LogP contribution in [0.2, 0.25) is 0 Å². The minimum Gasteiger partial charge on any atom is -0.353 e. The Hall–Kier alpha value is -1.92. The summed E-state index contributed by atoms with van der Waals surface area (Å²) < 4.78 is 0. The molecule has 1 saturated heterocycles. The Kier molecular flexibility index (Phi) is 6.19. The maximum absolute atomic E-state index is 12.9. The van der Waals surface area contributed by atoms with Gasteiger partial charge in [0.1, 0.15) is 12.1 Å². The van der Waals surface area contributed by atoms with Crippen molar-refractivity contribution in [3.63, 3.8) is 0 Å². The molecule has 1 aliphatic rings. The van der Waals surface area contributed by atoms with Gasteiger partial charge in [-0.05, 0) is 58.7 Å². The number of carbonyl (C=O) groups is 2. The third kappa shape index (κ3) is 4.80. The fourth-order valence-electron chi connectivity index (χ4n) is 2.96. The zero-order valence-corrected chi connectivity index (χ0v) is 15.9. The molecule has 1 aromatic rings. The number of anilines is 1. The van der Waals surface area contributed by atoms with Gasteiger partial charge in [0.15, 0.2) is 0 Å². The average Bonchev–Trinajstić information content (AvgIpc) is 2.52. The molecule has 138 valence electrons. The molecule has 0 spiro atoms. The summed E-state index contributed by atoms with van der Waals surface area (Å²) in [6.45, 7) is 11.8. The van der Waals surface area contributed by atoms with Crippen molar-refractivity contribution in [3.05, 3.63) is 29.3 Å². The molecule has 6 nitrogen and oxygen atoms in total. The van der Waals surface area contributed by atoms with Crippen LogP contribution in [0.5, 0.6) is 0 Å². The zero-order valence-electron chi connectivity index (χ0n) is 15.9. The van der Waals surface area contributed by atoms with E-state index in [0.29, 0.717) is 0 Å². The molecule has 6 heteroatoms. The van der Waals surface area contributed by atoms with E-state index < -0.39 is 12.1 Å². The van der Waals surface area contributed by atoms with E-state index in [1.54, 1.807) is 0 Å².